The highest BCUT2D eigenvalue weighted by atomic mass is 35.5. The average Bonchev–Trinajstić information content (AvgIpc) is 2.34. The van der Waals surface area contributed by atoms with E-state index in [2.05, 4.69) is 0 Å². The third-order valence-corrected chi connectivity index (χ3v) is 4.49. The fraction of sp³-hybridized carbons (Fsp3) is 0.571. The van der Waals surface area contributed by atoms with Gasteiger partial charge in [0, 0.05) is 17.0 Å². The number of nitrogens with zero attached hydrogens (tertiary/aromatic N) is 1. The van der Waals surface area contributed by atoms with Crippen LogP contribution in [0, 0.1) is 23.0 Å². The summed E-state index contributed by atoms with van der Waals surface area (Å²) in [5.41, 5.74) is 2.08. The molecule has 4 heteroatoms. The third kappa shape index (κ3) is 2.83. The van der Waals surface area contributed by atoms with E-state index in [0.29, 0.717) is 5.92 Å². The summed E-state index contributed by atoms with van der Waals surface area (Å²) in [6.07, 6.45) is 5.50. The van der Waals surface area contributed by atoms with Gasteiger partial charge in [0.15, 0.2) is 0 Å². The Morgan fingerprint density at radius 2 is 2.11 bits per heavy atom. The zero-order valence-corrected chi connectivity index (χ0v) is 11.3. The van der Waals surface area contributed by atoms with E-state index >= 15 is 0 Å². The van der Waals surface area contributed by atoms with E-state index in [1.165, 1.54) is 12.8 Å². The van der Waals surface area contributed by atoms with Crippen LogP contribution in [0.25, 0.3) is 0 Å². The zero-order valence-electron chi connectivity index (χ0n) is 10.6. The average molecular weight is 268 g/mol. The molecule has 1 fully saturated rings. The van der Waals surface area contributed by atoms with Crippen molar-refractivity contribution in [3.05, 3.63) is 39.4 Å². The second-order valence-electron chi connectivity index (χ2n) is 5.08. The van der Waals surface area contributed by atoms with Crippen molar-refractivity contribution in [3.63, 3.8) is 0 Å². The number of rotatable bonds is 3. The number of halogens is 1. The first kappa shape index (κ1) is 13.3. The lowest BCUT2D eigenvalue weighted by Gasteiger charge is -2.27. The lowest BCUT2D eigenvalue weighted by Crippen LogP contribution is -2.22. The molecule has 0 saturated heterocycles. The Labute approximate surface area is 112 Å². The molecule has 0 N–H and O–H groups in total. The summed E-state index contributed by atoms with van der Waals surface area (Å²) < 4.78 is 0. The number of benzene rings is 1. The molecule has 2 unspecified atom stereocenters. The van der Waals surface area contributed by atoms with Crippen LogP contribution in [0.1, 0.15) is 36.8 Å². The maximum Gasteiger partial charge on any atom is 0.272 e. The Balaban J connectivity index is 2.18. The summed E-state index contributed by atoms with van der Waals surface area (Å²) in [6.45, 7) is 1.83. The molecule has 1 aromatic rings. The smallest absolute Gasteiger partial charge is 0.258 e. The number of hydrogen-bond acceptors (Lipinski definition) is 2. The standard InChI is InChI=1S/C14H18ClNO2/c1-10-11(6-4-8-14(10)16(17)18)9-12-5-2-3-7-13(12)15/h4,6,8,12-13H,2-3,5,7,9H2,1H3. The summed E-state index contributed by atoms with van der Waals surface area (Å²) in [7, 11) is 0. The Morgan fingerprint density at radius 3 is 2.78 bits per heavy atom. The SMILES string of the molecule is Cc1c(CC2CCCCC2Cl)cccc1[N+](=O)[O-]. The molecule has 0 spiro atoms. The lowest BCUT2D eigenvalue weighted by molar-refractivity contribution is -0.385. The molecule has 0 heterocycles. The largest absolute Gasteiger partial charge is 0.272 e. The van der Waals surface area contributed by atoms with Crippen LogP contribution in [0.5, 0.6) is 0 Å². The normalized spacial score (nSPS) is 23.9. The first-order valence-electron chi connectivity index (χ1n) is 6.46. The number of nitro benzene ring substituents is 1. The van der Waals surface area contributed by atoms with Crippen molar-refractivity contribution in [1.82, 2.24) is 0 Å². The molecule has 18 heavy (non-hydrogen) atoms. The Kier molecular flexibility index (Phi) is 4.23. The van der Waals surface area contributed by atoms with Gasteiger partial charge in [-0.25, -0.2) is 0 Å². The summed E-state index contributed by atoms with van der Waals surface area (Å²) in [6, 6.07) is 5.32. The number of nitro groups is 1. The monoisotopic (exact) mass is 267 g/mol. The molecule has 0 radical (unpaired) electrons. The minimum atomic E-state index is -0.308. The van der Waals surface area contributed by atoms with Gasteiger partial charge in [-0.2, -0.15) is 0 Å². The van der Waals surface area contributed by atoms with Gasteiger partial charge in [0.2, 0.25) is 0 Å². The molecule has 0 aromatic heterocycles. The van der Waals surface area contributed by atoms with Crippen molar-refractivity contribution in [2.45, 2.75) is 44.4 Å². The number of alkyl halides is 1. The van der Waals surface area contributed by atoms with Crippen LogP contribution < -0.4 is 0 Å². The topological polar surface area (TPSA) is 43.1 Å². The molecule has 1 aliphatic carbocycles. The van der Waals surface area contributed by atoms with E-state index in [9.17, 15) is 10.1 Å². The van der Waals surface area contributed by atoms with Gasteiger partial charge in [-0.3, -0.25) is 10.1 Å². The second-order valence-corrected chi connectivity index (χ2v) is 5.64. The fourth-order valence-electron chi connectivity index (χ4n) is 2.76. The predicted molar refractivity (Wildman–Crippen MR) is 73.1 cm³/mol. The van der Waals surface area contributed by atoms with Crippen LogP contribution in [0.4, 0.5) is 5.69 Å². The minimum absolute atomic E-state index is 0.217. The first-order chi connectivity index (χ1) is 8.59. The van der Waals surface area contributed by atoms with E-state index in [0.717, 1.165) is 30.4 Å². The molecule has 3 nitrogen and oxygen atoms in total. The van der Waals surface area contributed by atoms with Crippen molar-refractivity contribution >= 4 is 17.3 Å². The van der Waals surface area contributed by atoms with Crippen molar-refractivity contribution in [2.75, 3.05) is 0 Å². The summed E-state index contributed by atoms with van der Waals surface area (Å²) in [4.78, 5) is 10.6. The first-order valence-corrected chi connectivity index (χ1v) is 6.90. The van der Waals surface area contributed by atoms with Crippen LogP contribution in [0.3, 0.4) is 0 Å². The van der Waals surface area contributed by atoms with Gasteiger partial charge in [-0.05, 0) is 37.7 Å². The maximum absolute atomic E-state index is 10.9. The van der Waals surface area contributed by atoms with Crippen LogP contribution in [0.2, 0.25) is 0 Å². The molecule has 2 rings (SSSR count). The van der Waals surface area contributed by atoms with Gasteiger partial charge in [-0.1, -0.05) is 25.0 Å². The summed E-state index contributed by atoms with van der Waals surface area (Å²) in [5.74, 6) is 0.459. The van der Waals surface area contributed by atoms with Gasteiger partial charge in [0.25, 0.3) is 5.69 Å². The minimum Gasteiger partial charge on any atom is -0.258 e. The maximum atomic E-state index is 10.9. The Hall–Kier alpha value is -1.09. The molecular formula is C14H18ClNO2. The molecule has 1 aliphatic rings. The molecule has 0 bridgehead atoms. The van der Waals surface area contributed by atoms with Gasteiger partial charge < -0.3 is 0 Å². The van der Waals surface area contributed by atoms with Crippen LogP contribution in [0.15, 0.2) is 18.2 Å². The van der Waals surface area contributed by atoms with Crippen LogP contribution in [-0.2, 0) is 6.42 Å². The van der Waals surface area contributed by atoms with Crippen LogP contribution >= 0.6 is 11.6 Å². The second kappa shape index (κ2) is 5.70. The Bertz CT molecular complexity index is 447. The molecular weight excluding hydrogens is 250 g/mol. The molecule has 0 amide bonds. The van der Waals surface area contributed by atoms with Gasteiger partial charge >= 0.3 is 0 Å². The zero-order chi connectivity index (χ0) is 13.1. The fourth-order valence-corrected chi connectivity index (χ4v) is 3.13. The van der Waals surface area contributed by atoms with Gasteiger partial charge in [-0.15, -0.1) is 11.6 Å². The third-order valence-electron chi connectivity index (χ3n) is 3.91. The van der Waals surface area contributed by atoms with E-state index in [-0.39, 0.29) is 16.0 Å². The molecule has 1 saturated carbocycles. The number of hydrogen-bond donors (Lipinski definition) is 0. The molecule has 98 valence electrons. The summed E-state index contributed by atoms with van der Waals surface area (Å²) in [5, 5.41) is 11.1. The van der Waals surface area contributed by atoms with Crippen LogP contribution in [-0.4, -0.2) is 10.3 Å². The highest BCUT2D eigenvalue weighted by molar-refractivity contribution is 6.20. The molecule has 0 aliphatic heterocycles. The van der Waals surface area contributed by atoms with Gasteiger partial charge in [0.1, 0.15) is 0 Å². The quantitative estimate of drug-likeness (QED) is 0.467. The van der Waals surface area contributed by atoms with Crippen molar-refractivity contribution in [2.24, 2.45) is 5.92 Å². The van der Waals surface area contributed by atoms with Gasteiger partial charge in [0.05, 0.1) is 4.92 Å². The lowest BCUT2D eigenvalue weighted by atomic mass is 9.83. The van der Waals surface area contributed by atoms with E-state index < -0.39 is 0 Å². The van der Waals surface area contributed by atoms with E-state index in [1.807, 2.05) is 13.0 Å². The summed E-state index contributed by atoms with van der Waals surface area (Å²) >= 11 is 6.35. The Morgan fingerprint density at radius 1 is 1.39 bits per heavy atom. The molecule has 2 atom stereocenters. The van der Waals surface area contributed by atoms with Crippen molar-refractivity contribution in [3.8, 4) is 0 Å². The highest BCUT2D eigenvalue weighted by Gasteiger charge is 2.25. The van der Waals surface area contributed by atoms with Crippen molar-refractivity contribution < 1.29 is 4.92 Å². The molecule has 1 aromatic carbocycles. The highest BCUT2D eigenvalue weighted by Crippen LogP contribution is 2.33. The van der Waals surface area contributed by atoms with Crippen molar-refractivity contribution in [1.29, 1.82) is 0 Å². The van der Waals surface area contributed by atoms with E-state index in [1.54, 1.807) is 12.1 Å². The predicted octanol–water partition coefficient (Wildman–Crippen LogP) is 4.24. The van der Waals surface area contributed by atoms with E-state index in [4.69, 9.17) is 11.6 Å².